The minimum Gasteiger partial charge on any atom is -0.495 e. The maximum atomic E-state index is 7.31. The molecule has 0 fully saturated rings. The minimum absolute atomic E-state index is 0. The van der Waals surface area contributed by atoms with E-state index in [0.717, 1.165) is 16.3 Å². The van der Waals surface area contributed by atoms with Gasteiger partial charge in [-0.25, -0.2) is 4.85 Å². The summed E-state index contributed by atoms with van der Waals surface area (Å²) >= 11 is 6.20. The number of aromatic nitrogens is 2. The number of nitrogens with zero attached hydrogens (tertiary/aromatic N) is 4. The number of nitrogens with one attached hydrogen (secondary N) is 1. The summed E-state index contributed by atoms with van der Waals surface area (Å²) in [5.41, 5.74) is 2.10. The molecule has 3 rings (SSSR count). The molecule has 1 N–H and O–H groups in total. The second kappa shape index (κ2) is 13.6. The predicted molar refractivity (Wildman–Crippen MR) is 138 cm³/mol. The highest BCUT2D eigenvalue weighted by molar-refractivity contribution is 6.32. The van der Waals surface area contributed by atoms with Crippen molar-refractivity contribution in [3.63, 3.8) is 0 Å². The van der Waals surface area contributed by atoms with E-state index >= 15 is 0 Å². The smallest absolute Gasteiger partial charge is 0.188 e. The van der Waals surface area contributed by atoms with Gasteiger partial charge in [-0.3, -0.25) is 4.90 Å². The number of methoxy groups -OCH3 is 1. The quantitative estimate of drug-likeness (QED) is 0.356. The number of hydrogen-bond acceptors (Lipinski definition) is 5. The SMILES string of the molecule is C.Cl.Cl.[C-]#[N+]c1ccc2c(C#CCN(C)C)nnc(NCc3ccc(OC)c(Cl)c3)c2c1. The number of ether oxygens (including phenoxy) is 1. The third kappa shape index (κ3) is 7.15. The summed E-state index contributed by atoms with van der Waals surface area (Å²) in [6.07, 6.45) is 0. The van der Waals surface area contributed by atoms with Crippen LogP contribution in [0.2, 0.25) is 5.02 Å². The number of rotatable bonds is 5. The van der Waals surface area contributed by atoms with Gasteiger partial charge in [0.2, 0.25) is 0 Å². The molecule has 2 aromatic carbocycles. The van der Waals surface area contributed by atoms with Crippen LogP contribution in [0.4, 0.5) is 11.5 Å². The van der Waals surface area contributed by atoms with Crippen LogP contribution in [0, 0.1) is 18.4 Å². The van der Waals surface area contributed by atoms with E-state index in [4.69, 9.17) is 22.9 Å². The van der Waals surface area contributed by atoms with E-state index < -0.39 is 0 Å². The van der Waals surface area contributed by atoms with Crippen molar-refractivity contribution in [2.75, 3.05) is 33.1 Å². The molecule has 32 heavy (non-hydrogen) atoms. The van der Waals surface area contributed by atoms with Crippen molar-refractivity contribution in [1.82, 2.24) is 15.1 Å². The highest BCUT2D eigenvalue weighted by Gasteiger charge is 2.10. The summed E-state index contributed by atoms with van der Waals surface area (Å²) in [7, 11) is 5.50. The second-order valence-electron chi connectivity index (χ2n) is 6.60. The van der Waals surface area contributed by atoms with Gasteiger partial charge in [0.25, 0.3) is 0 Å². The van der Waals surface area contributed by atoms with Crippen LogP contribution in [-0.4, -0.2) is 42.8 Å². The van der Waals surface area contributed by atoms with E-state index in [2.05, 4.69) is 32.2 Å². The predicted octanol–water partition coefficient (Wildman–Crippen LogP) is 5.85. The van der Waals surface area contributed by atoms with Crippen LogP contribution in [0.15, 0.2) is 36.4 Å². The Kier molecular flexibility index (Phi) is 12.5. The van der Waals surface area contributed by atoms with Crippen LogP contribution in [-0.2, 0) is 6.54 Å². The Labute approximate surface area is 207 Å². The Balaban J connectivity index is 0.00000320. The first-order valence-corrected chi connectivity index (χ1v) is 9.27. The molecule has 3 aromatic rings. The third-order valence-corrected chi connectivity index (χ3v) is 4.47. The summed E-state index contributed by atoms with van der Waals surface area (Å²) in [5.74, 6) is 7.38. The molecule has 0 atom stereocenters. The number of anilines is 1. The molecular formula is C23H26Cl3N5O. The van der Waals surface area contributed by atoms with Crippen molar-refractivity contribution in [1.29, 1.82) is 0 Å². The molecule has 0 aliphatic heterocycles. The molecule has 0 bridgehead atoms. The fraction of sp³-hybridized carbons (Fsp3) is 0.261. The minimum atomic E-state index is 0. The largest absolute Gasteiger partial charge is 0.495 e. The number of hydrogen-bond donors (Lipinski definition) is 1. The molecule has 9 heteroatoms. The zero-order valence-electron chi connectivity index (χ0n) is 17.3. The molecule has 170 valence electrons. The van der Waals surface area contributed by atoms with Crippen LogP contribution in [0.1, 0.15) is 18.7 Å². The Bertz CT molecular complexity index is 1150. The van der Waals surface area contributed by atoms with E-state index in [1.165, 1.54) is 0 Å². The first kappa shape index (κ1) is 29.3. The van der Waals surface area contributed by atoms with E-state index in [9.17, 15) is 0 Å². The fourth-order valence-corrected chi connectivity index (χ4v) is 3.00. The van der Waals surface area contributed by atoms with E-state index in [1.807, 2.05) is 43.3 Å². The first-order valence-electron chi connectivity index (χ1n) is 8.89. The summed E-state index contributed by atoms with van der Waals surface area (Å²) in [4.78, 5) is 5.51. The van der Waals surface area contributed by atoms with Crippen molar-refractivity contribution in [3.05, 3.63) is 64.1 Å². The Morgan fingerprint density at radius 1 is 1.12 bits per heavy atom. The average Bonchev–Trinajstić information content (AvgIpc) is 2.72. The van der Waals surface area contributed by atoms with Gasteiger partial charge in [-0.05, 0) is 43.8 Å². The van der Waals surface area contributed by atoms with Crippen LogP contribution >= 0.6 is 36.4 Å². The Morgan fingerprint density at radius 3 is 2.50 bits per heavy atom. The van der Waals surface area contributed by atoms with Gasteiger partial charge in [-0.1, -0.05) is 43.1 Å². The highest BCUT2D eigenvalue weighted by atomic mass is 35.5. The summed E-state index contributed by atoms with van der Waals surface area (Å²) in [5, 5.41) is 14.1. The standard InChI is InChI=1S/C22H20ClN5O.CH4.2ClH/c1-24-16-8-9-17-18(13-16)22(27-26-20(17)6-5-11-28(2)3)25-14-15-7-10-21(29-4)19(23)12-15;;;/h7-10,12-13H,11,14H2,2-4H3,(H,25,27);1H4;2*1H. The molecule has 0 aliphatic rings. The number of benzene rings is 2. The lowest BCUT2D eigenvalue weighted by Crippen LogP contribution is -2.11. The highest BCUT2D eigenvalue weighted by Crippen LogP contribution is 2.29. The lowest BCUT2D eigenvalue weighted by molar-refractivity contribution is 0.415. The zero-order chi connectivity index (χ0) is 20.8. The van der Waals surface area contributed by atoms with Gasteiger partial charge in [0.05, 0.1) is 25.2 Å². The molecule has 0 saturated heterocycles. The maximum absolute atomic E-state index is 7.31. The zero-order valence-corrected chi connectivity index (χ0v) is 19.7. The van der Waals surface area contributed by atoms with Crippen LogP contribution in [0.3, 0.4) is 0 Å². The van der Waals surface area contributed by atoms with E-state index in [0.29, 0.717) is 41.1 Å². The molecule has 0 spiro atoms. The molecule has 0 saturated carbocycles. The second-order valence-corrected chi connectivity index (χ2v) is 7.01. The summed E-state index contributed by atoms with van der Waals surface area (Å²) < 4.78 is 5.19. The van der Waals surface area contributed by atoms with Gasteiger partial charge >= 0.3 is 0 Å². The van der Waals surface area contributed by atoms with Gasteiger partial charge in [-0.2, -0.15) is 0 Å². The molecule has 1 aromatic heterocycles. The fourth-order valence-electron chi connectivity index (χ4n) is 2.72. The lowest BCUT2D eigenvalue weighted by Gasteiger charge is -2.11. The van der Waals surface area contributed by atoms with Crippen molar-refractivity contribution in [2.45, 2.75) is 14.0 Å². The maximum Gasteiger partial charge on any atom is 0.188 e. The van der Waals surface area contributed by atoms with Crippen molar-refractivity contribution in [2.24, 2.45) is 0 Å². The third-order valence-electron chi connectivity index (χ3n) is 4.17. The van der Waals surface area contributed by atoms with Gasteiger partial charge in [0, 0.05) is 17.3 Å². The van der Waals surface area contributed by atoms with Crippen LogP contribution in [0.5, 0.6) is 5.75 Å². The molecule has 0 radical (unpaired) electrons. The number of fused-ring (bicyclic) bond motifs is 1. The van der Waals surface area contributed by atoms with Gasteiger partial charge < -0.3 is 10.1 Å². The molecular weight excluding hydrogens is 469 g/mol. The van der Waals surface area contributed by atoms with Gasteiger partial charge in [0.1, 0.15) is 11.4 Å². The number of halogens is 3. The first-order chi connectivity index (χ1) is 14.0. The van der Waals surface area contributed by atoms with Gasteiger partial charge in [0.15, 0.2) is 11.5 Å². The van der Waals surface area contributed by atoms with Crippen LogP contribution < -0.4 is 10.1 Å². The average molecular weight is 495 g/mol. The van der Waals surface area contributed by atoms with Crippen molar-refractivity contribution >= 4 is 58.7 Å². The van der Waals surface area contributed by atoms with Crippen molar-refractivity contribution in [3.8, 4) is 17.6 Å². The molecule has 6 nitrogen and oxygen atoms in total. The van der Waals surface area contributed by atoms with E-state index in [1.54, 1.807) is 19.2 Å². The lowest BCUT2D eigenvalue weighted by atomic mass is 10.1. The monoisotopic (exact) mass is 493 g/mol. The molecule has 0 unspecified atom stereocenters. The Morgan fingerprint density at radius 2 is 1.88 bits per heavy atom. The molecule has 0 amide bonds. The molecule has 0 aliphatic carbocycles. The van der Waals surface area contributed by atoms with E-state index in [-0.39, 0.29) is 32.2 Å². The topological polar surface area (TPSA) is 54.6 Å². The normalized spacial score (nSPS) is 9.38. The summed E-state index contributed by atoms with van der Waals surface area (Å²) in [6, 6.07) is 11.0. The van der Waals surface area contributed by atoms with Gasteiger partial charge in [-0.15, -0.1) is 35.0 Å². The Hall–Kier alpha value is -2.74. The van der Waals surface area contributed by atoms with Crippen molar-refractivity contribution < 1.29 is 4.74 Å². The van der Waals surface area contributed by atoms with Crippen LogP contribution in [0.25, 0.3) is 15.6 Å². The molecule has 1 heterocycles. The summed E-state index contributed by atoms with van der Waals surface area (Å²) in [6.45, 7) is 8.44.